The minimum atomic E-state index is -1.35. The largest absolute Gasteiger partial charge is 0.491 e. The average Bonchev–Trinajstić information content (AvgIpc) is 2.73. The van der Waals surface area contributed by atoms with Crippen LogP contribution in [-0.2, 0) is 23.9 Å². The number of carbonyl (C=O) groups excluding carboxylic acids is 3. The molecule has 8 nitrogen and oxygen atoms in total. The van der Waals surface area contributed by atoms with Gasteiger partial charge in [-0.15, -0.1) is 0 Å². The van der Waals surface area contributed by atoms with Crippen molar-refractivity contribution in [3.63, 3.8) is 0 Å². The van der Waals surface area contributed by atoms with Gasteiger partial charge in [0.1, 0.15) is 5.92 Å². The first-order valence-corrected chi connectivity index (χ1v) is 11.0. The summed E-state index contributed by atoms with van der Waals surface area (Å²) in [6.45, 7) is 3.96. The molecule has 1 aliphatic rings. The van der Waals surface area contributed by atoms with Gasteiger partial charge in [-0.1, -0.05) is 35.0 Å². The maximum absolute atomic E-state index is 12.8. The summed E-state index contributed by atoms with van der Waals surface area (Å²) in [5.41, 5.74) is 0.426. The summed E-state index contributed by atoms with van der Waals surface area (Å²) in [5.74, 6) is -4.27. The Morgan fingerprint density at radius 3 is 2.39 bits per heavy atom. The first-order chi connectivity index (χ1) is 14.8. The van der Waals surface area contributed by atoms with E-state index in [1.165, 1.54) is 12.1 Å². The SMILES string of the molecule is CCOC(=O)CSC1=C(C#N)[C@@H](c2cc(Cl)c(OCC)c(Cl)c2)[C@H](C(=O)OC)C(=O)N1. The zero-order valence-electron chi connectivity index (χ0n) is 17.0. The third-order valence-corrected chi connectivity index (χ3v) is 5.84. The number of ether oxygens (including phenoxy) is 3. The van der Waals surface area contributed by atoms with Crippen LogP contribution in [0.15, 0.2) is 22.7 Å². The second-order valence-corrected chi connectivity index (χ2v) is 7.96. The fourth-order valence-electron chi connectivity index (χ4n) is 3.05. The van der Waals surface area contributed by atoms with Gasteiger partial charge in [-0.3, -0.25) is 14.4 Å². The summed E-state index contributed by atoms with van der Waals surface area (Å²) in [6, 6.07) is 5.01. The van der Waals surface area contributed by atoms with E-state index in [9.17, 15) is 19.6 Å². The Hall–Kier alpha value is -2.41. The lowest BCUT2D eigenvalue weighted by atomic mass is 9.78. The monoisotopic (exact) mass is 486 g/mol. The Kier molecular flexibility index (Phi) is 9.04. The third-order valence-electron chi connectivity index (χ3n) is 4.29. The number of nitrogens with zero attached hydrogens (tertiary/aromatic N) is 1. The molecule has 166 valence electrons. The molecule has 1 N–H and O–H groups in total. The molecule has 2 atom stereocenters. The molecule has 0 unspecified atom stereocenters. The van der Waals surface area contributed by atoms with Crippen molar-refractivity contribution in [1.82, 2.24) is 5.32 Å². The molecule has 2 rings (SSSR count). The Morgan fingerprint density at radius 2 is 1.87 bits per heavy atom. The van der Waals surface area contributed by atoms with E-state index in [-0.39, 0.29) is 38.8 Å². The molecule has 0 fully saturated rings. The van der Waals surface area contributed by atoms with E-state index in [4.69, 9.17) is 37.4 Å². The first kappa shape index (κ1) is 24.9. The van der Waals surface area contributed by atoms with Gasteiger partial charge in [0.25, 0.3) is 0 Å². The van der Waals surface area contributed by atoms with E-state index >= 15 is 0 Å². The zero-order valence-corrected chi connectivity index (χ0v) is 19.3. The molecule has 0 saturated carbocycles. The van der Waals surface area contributed by atoms with Crippen molar-refractivity contribution >= 4 is 52.8 Å². The zero-order chi connectivity index (χ0) is 23.1. The summed E-state index contributed by atoms with van der Waals surface area (Å²) < 4.78 is 15.1. The van der Waals surface area contributed by atoms with Crippen LogP contribution in [0.4, 0.5) is 0 Å². The number of nitriles is 1. The number of esters is 2. The molecular formula is C20H20Cl2N2O6S. The molecule has 1 amide bonds. The molecule has 0 aliphatic carbocycles. The highest BCUT2D eigenvalue weighted by Gasteiger charge is 2.44. The van der Waals surface area contributed by atoms with Gasteiger partial charge in [0.2, 0.25) is 5.91 Å². The minimum Gasteiger partial charge on any atom is -0.491 e. The Bertz CT molecular complexity index is 936. The third kappa shape index (κ3) is 5.64. The lowest BCUT2D eigenvalue weighted by Gasteiger charge is -2.31. The number of benzene rings is 1. The lowest BCUT2D eigenvalue weighted by Crippen LogP contribution is -2.44. The lowest BCUT2D eigenvalue weighted by molar-refractivity contribution is -0.150. The van der Waals surface area contributed by atoms with E-state index in [1.54, 1.807) is 13.8 Å². The van der Waals surface area contributed by atoms with Crippen LogP contribution in [0.1, 0.15) is 25.3 Å². The molecule has 31 heavy (non-hydrogen) atoms. The second-order valence-electron chi connectivity index (χ2n) is 6.16. The molecule has 0 aromatic heterocycles. The van der Waals surface area contributed by atoms with Crippen LogP contribution < -0.4 is 10.1 Å². The van der Waals surface area contributed by atoms with Gasteiger partial charge in [-0.05, 0) is 31.5 Å². The van der Waals surface area contributed by atoms with Crippen LogP contribution in [0.5, 0.6) is 5.75 Å². The summed E-state index contributed by atoms with van der Waals surface area (Å²) in [5, 5.41) is 12.9. The predicted octanol–water partition coefficient (Wildman–Crippen LogP) is 3.43. The fraction of sp³-hybridized carbons (Fsp3) is 0.400. The van der Waals surface area contributed by atoms with Gasteiger partial charge < -0.3 is 19.5 Å². The molecule has 1 aromatic rings. The van der Waals surface area contributed by atoms with Crippen LogP contribution in [0.3, 0.4) is 0 Å². The molecule has 0 saturated heterocycles. The molecular weight excluding hydrogens is 467 g/mol. The van der Waals surface area contributed by atoms with Gasteiger partial charge in [-0.25, -0.2) is 0 Å². The molecule has 0 radical (unpaired) electrons. The summed E-state index contributed by atoms with van der Waals surface area (Å²) in [7, 11) is 1.14. The molecule has 0 spiro atoms. The van der Waals surface area contributed by atoms with Crippen molar-refractivity contribution in [3.8, 4) is 11.8 Å². The number of allylic oxidation sites excluding steroid dienone is 1. The highest BCUT2D eigenvalue weighted by Crippen LogP contribution is 2.44. The smallest absolute Gasteiger partial charge is 0.319 e. The molecule has 11 heteroatoms. The number of nitrogens with one attached hydrogen (secondary N) is 1. The predicted molar refractivity (Wildman–Crippen MR) is 116 cm³/mol. The molecule has 1 heterocycles. The Balaban J connectivity index is 2.59. The van der Waals surface area contributed by atoms with E-state index < -0.39 is 29.7 Å². The molecule has 1 aliphatic heterocycles. The van der Waals surface area contributed by atoms with Crippen molar-refractivity contribution in [3.05, 3.63) is 38.3 Å². The van der Waals surface area contributed by atoms with Crippen LogP contribution in [0.25, 0.3) is 0 Å². The molecule has 1 aromatic carbocycles. The van der Waals surface area contributed by atoms with E-state index in [2.05, 4.69) is 5.32 Å². The summed E-state index contributed by atoms with van der Waals surface area (Å²) in [4.78, 5) is 37.0. The number of halogens is 2. The van der Waals surface area contributed by atoms with Gasteiger partial charge in [0.05, 0.1) is 52.8 Å². The highest BCUT2D eigenvalue weighted by atomic mass is 35.5. The quantitative estimate of drug-likeness (QED) is 0.438. The number of rotatable bonds is 8. The van der Waals surface area contributed by atoms with Gasteiger partial charge in [-0.2, -0.15) is 5.26 Å². The number of hydrogen-bond acceptors (Lipinski definition) is 8. The number of thioether (sulfide) groups is 1. The van der Waals surface area contributed by atoms with Crippen molar-refractivity contribution in [2.75, 3.05) is 26.1 Å². The van der Waals surface area contributed by atoms with Gasteiger partial charge in [0.15, 0.2) is 5.75 Å². The number of hydrogen-bond donors (Lipinski definition) is 1. The standard InChI is InChI=1S/C20H20Cl2N2O6S/c1-4-29-14(25)9-31-19-11(8-23)15(16(18(26)24-19)20(27)28-3)10-6-12(21)17(30-5-2)13(22)7-10/h6-7,15-16H,4-5,9H2,1-3H3,(H,24,26)/t15-,16+/m1/s1. The van der Waals surface area contributed by atoms with Crippen molar-refractivity contribution in [1.29, 1.82) is 5.26 Å². The maximum atomic E-state index is 12.8. The average molecular weight is 487 g/mol. The van der Waals surface area contributed by atoms with Crippen LogP contribution >= 0.6 is 35.0 Å². The van der Waals surface area contributed by atoms with E-state index in [0.717, 1.165) is 18.9 Å². The van der Waals surface area contributed by atoms with Crippen LogP contribution in [0.2, 0.25) is 10.0 Å². The topological polar surface area (TPSA) is 115 Å². The summed E-state index contributed by atoms with van der Waals surface area (Å²) in [6.07, 6.45) is 0. The van der Waals surface area contributed by atoms with Crippen LogP contribution in [-0.4, -0.2) is 43.9 Å². The number of carbonyl (C=O) groups is 3. The Morgan fingerprint density at radius 1 is 1.23 bits per heavy atom. The van der Waals surface area contributed by atoms with Gasteiger partial charge >= 0.3 is 11.9 Å². The van der Waals surface area contributed by atoms with Crippen molar-refractivity contribution < 1.29 is 28.6 Å². The van der Waals surface area contributed by atoms with E-state index in [0.29, 0.717) is 12.2 Å². The van der Waals surface area contributed by atoms with Gasteiger partial charge in [0, 0.05) is 5.92 Å². The highest BCUT2D eigenvalue weighted by molar-refractivity contribution is 8.03. The second kappa shape index (κ2) is 11.3. The van der Waals surface area contributed by atoms with Crippen molar-refractivity contribution in [2.24, 2.45) is 5.92 Å². The summed E-state index contributed by atoms with van der Waals surface area (Å²) >= 11 is 13.5. The molecule has 0 bridgehead atoms. The van der Waals surface area contributed by atoms with Crippen molar-refractivity contribution in [2.45, 2.75) is 19.8 Å². The fourth-order valence-corrected chi connectivity index (χ4v) is 4.51. The first-order valence-electron chi connectivity index (χ1n) is 9.22. The normalized spacial score (nSPS) is 18.1. The minimum absolute atomic E-state index is 0.0700. The van der Waals surface area contributed by atoms with Crippen LogP contribution in [0, 0.1) is 17.2 Å². The van der Waals surface area contributed by atoms with E-state index in [1.807, 2.05) is 6.07 Å². The number of amides is 1. The maximum Gasteiger partial charge on any atom is 0.319 e. The number of methoxy groups -OCH3 is 1. The Labute approximate surface area is 193 Å².